The van der Waals surface area contributed by atoms with Crippen LogP contribution < -0.4 is 16.4 Å². The van der Waals surface area contributed by atoms with Gasteiger partial charge >= 0.3 is 0 Å². The van der Waals surface area contributed by atoms with Crippen molar-refractivity contribution in [2.45, 2.75) is 25.3 Å². The molecule has 0 unspecified atom stereocenters. The maximum atomic E-state index is 6.30. The van der Waals surface area contributed by atoms with Gasteiger partial charge in [-0.2, -0.15) is 0 Å². The maximum absolute atomic E-state index is 6.30. The summed E-state index contributed by atoms with van der Waals surface area (Å²) >= 11 is 6.30. The van der Waals surface area contributed by atoms with E-state index >= 15 is 0 Å². The van der Waals surface area contributed by atoms with E-state index in [0.717, 1.165) is 31.6 Å². The summed E-state index contributed by atoms with van der Waals surface area (Å²) in [6.07, 6.45) is 3.41. The van der Waals surface area contributed by atoms with Crippen molar-refractivity contribution in [1.29, 1.82) is 0 Å². The summed E-state index contributed by atoms with van der Waals surface area (Å²) in [4.78, 5) is 4.53. The SMILES string of the molecule is CN1CCC[C@H](N(CN)c2c(N)cccc2Cl)CC1. The molecule has 1 atom stereocenters. The molecule has 1 fully saturated rings. The second-order valence-corrected chi connectivity index (χ2v) is 5.63. The number of nitrogens with two attached hydrogens (primary N) is 2. The molecule has 2 rings (SSSR count). The van der Waals surface area contributed by atoms with Crippen molar-refractivity contribution < 1.29 is 0 Å². The van der Waals surface area contributed by atoms with Gasteiger partial charge < -0.3 is 21.3 Å². The number of hydrogen-bond acceptors (Lipinski definition) is 4. The Labute approximate surface area is 120 Å². The van der Waals surface area contributed by atoms with Crippen LogP contribution in [0.3, 0.4) is 0 Å². The van der Waals surface area contributed by atoms with Gasteiger partial charge in [-0.1, -0.05) is 17.7 Å². The number of rotatable bonds is 3. The van der Waals surface area contributed by atoms with Gasteiger partial charge in [0.2, 0.25) is 0 Å². The lowest BCUT2D eigenvalue weighted by Gasteiger charge is -2.33. The fraction of sp³-hybridized carbons (Fsp3) is 0.571. The van der Waals surface area contributed by atoms with Crippen LogP contribution in [0.4, 0.5) is 11.4 Å². The van der Waals surface area contributed by atoms with Gasteiger partial charge in [0.15, 0.2) is 0 Å². The van der Waals surface area contributed by atoms with Crippen LogP contribution in [0.15, 0.2) is 18.2 Å². The first-order chi connectivity index (χ1) is 9.13. The molecule has 1 aromatic carbocycles. The van der Waals surface area contributed by atoms with E-state index in [1.807, 2.05) is 18.2 Å². The number of halogens is 1. The average Bonchev–Trinajstić information content (AvgIpc) is 2.59. The molecule has 4 nitrogen and oxygen atoms in total. The molecule has 0 aromatic heterocycles. The molecule has 0 aliphatic carbocycles. The summed E-state index contributed by atoms with van der Waals surface area (Å²) in [6.45, 7) is 2.68. The third-order valence-corrected chi connectivity index (χ3v) is 4.17. The largest absolute Gasteiger partial charge is 0.397 e. The Hall–Kier alpha value is -0.970. The van der Waals surface area contributed by atoms with Gasteiger partial charge in [0, 0.05) is 6.04 Å². The maximum Gasteiger partial charge on any atom is 0.0801 e. The van der Waals surface area contributed by atoms with Gasteiger partial charge in [-0.25, -0.2) is 0 Å². The van der Waals surface area contributed by atoms with Crippen molar-refractivity contribution in [2.24, 2.45) is 5.73 Å². The lowest BCUT2D eigenvalue weighted by molar-refractivity contribution is 0.346. The molecule has 1 aliphatic heterocycles. The zero-order chi connectivity index (χ0) is 13.8. The van der Waals surface area contributed by atoms with Gasteiger partial charge in [0.05, 0.1) is 23.1 Å². The van der Waals surface area contributed by atoms with E-state index in [0.29, 0.717) is 23.4 Å². The lowest BCUT2D eigenvalue weighted by atomic mass is 10.1. The van der Waals surface area contributed by atoms with Crippen molar-refractivity contribution in [3.05, 3.63) is 23.2 Å². The zero-order valence-corrected chi connectivity index (χ0v) is 12.2. The normalized spacial score (nSPS) is 21.1. The van der Waals surface area contributed by atoms with Crippen molar-refractivity contribution in [3.8, 4) is 0 Å². The standard InChI is InChI=1S/C14H23ClN4/c1-18-8-3-4-11(7-9-18)19(10-16)14-12(15)5-2-6-13(14)17/h2,5-6,11H,3-4,7-10,16-17H2,1H3/t11-/m0/s1. The number of para-hydroxylation sites is 1. The molecule has 4 N–H and O–H groups in total. The van der Waals surface area contributed by atoms with Crippen LogP contribution in [-0.4, -0.2) is 37.7 Å². The van der Waals surface area contributed by atoms with Crippen LogP contribution in [0, 0.1) is 0 Å². The van der Waals surface area contributed by atoms with Gasteiger partial charge in [-0.3, -0.25) is 0 Å². The topological polar surface area (TPSA) is 58.5 Å². The molecule has 0 amide bonds. The third kappa shape index (κ3) is 3.32. The van der Waals surface area contributed by atoms with Crippen LogP contribution in [0.2, 0.25) is 5.02 Å². The second kappa shape index (κ2) is 6.46. The first-order valence-corrected chi connectivity index (χ1v) is 7.20. The fourth-order valence-corrected chi connectivity index (χ4v) is 3.08. The minimum atomic E-state index is 0.414. The van der Waals surface area contributed by atoms with Crippen molar-refractivity contribution in [3.63, 3.8) is 0 Å². The molecule has 0 bridgehead atoms. The molecule has 106 valence electrons. The summed E-state index contributed by atoms with van der Waals surface area (Å²) in [6, 6.07) is 6.04. The van der Waals surface area contributed by atoms with Crippen molar-refractivity contribution in [2.75, 3.05) is 37.4 Å². The summed E-state index contributed by atoms with van der Waals surface area (Å²) in [7, 11) is 2.17. The summed E-state index contributed by atoms with van der Waals surface area (Å²) in [5, 5.41) is 0.683. The molecule has 1 aromatic rings. The van der Waals surface area contributed by atoms with E-state index < -0.39 is 0 Å². The zero-order valence-electron chi connectivity index (χ0n) is 11.5. The molecule has 1 saturated heterocycles. The van der Waals surface area contributed by atoms with Crippen LogP contribution in [-0.2, 0) is 0 Å². The number of hydrogen-bond donors (Lipinski definition) is 2. The number of nitrogens with zero attached hydrogens (tertiary/aromatic N) is 2. The molecular weight excluding hydrogens is 260 g/mol. The number of anilines is 2. The average molecular weight is 283 g/mol. The Morgan fingerprint density at radius 1 is 1.37 bits per heavy atom. The minimum Gasteiger partial charge on any atom is -0.397 e. The summed E-state index contributed by atoms with van der Waals surface area (Å²) < 4.78 is 0. The van der Waals surface area contributed by atoms with Gasteiger partial charge in [0.1, 0.15) is 0 Å². The Balaban J connectivity index is 2.24. The Morgan fingerprint density at radius 3 is 2.84 bits per heavy atom. The summed E-state index contributed by atoms with van der Waals surface area (Å²) in [5.74, 6) is 0. The van der Waals surface area contributed by atoms with E-state index in [4.69, 9.17) is 23.1 Å². The Morgan fingerprint density at radius 2 is 2.16 bits per heavy atom. The quantitative estimate of drug-likeness (QED) is 0.659. The van der Waals surface area contributed by atoms with Crippen LogP contribution in [0.25, 0.3) is 0 Å². The van der Waals surface area contributed by atoms with Crippen LogP contribution in [0.1, 0.15) is 19.3 Å². The van der Waals surface area contributed by atoms with Crippen LogP contribution in [0.5, 0.6) is 0 Å². The molecule has 1 aliphatic rings. The molecule has 19 heavy (non-hydrogen) atoms. The molecule has 0 radical (unpaired) electrons. The summed E-state index contributed by atoms with van der Waals surface area (Å²) in [5.41, 5.74) is 13.6. The highest BCUT2D eigenvalue weighted by atomic mass is 35.5. The van der Waals surface area contributed by atoms with E-state index in [1.54, 1.807) is 0 Å². The molecule has 0 saturated carbocycles. The first-order valence-electron chi connectivity index (χ1n) is 6.82. The van der Waals surface area contributed by atoms with Gasteiger partial charge in [-0.05, 0) is 51.5 Å². The third-order valence-electron chi connectivity index (χ3n) is 3.86. The smallest absolute Gasteiger partial charge is 0.0801 e. The fourth-order valence-electron chi connectivity index (χ4n) is 2.79. The highest BCUT2D eigenvalue weighted by molar-refractivity contribution is 6.34. The number of nitrogen functional groups attached to an aromatic ring is 1. The van der Waals surface area contributed by atoms with Crippen molar-refractivity contribution >= 4 is 23.0 Å². The van der Waals surface area contributed by atoms with E-state index in [2.05, 4.69) is 16.8 Å². The van der Waals surface area contributed by atoms with E-state index in [9.17, 15) is 0 Å². The molecular formula is C14H23ClN4. The first kappa shape index (κ1) is 14.4. The molecule has 0 spiro atoms. The molecule has 5 heteroatoms. The highest BCUT2D eigenvalue weighted by Gasteiger charge is 2.23. The van der Waals surface area contributed by atoms with Crippen molar-refractivity contribution in [1.82, 2.24) is 4.90 Å². The minimum absolute atomic E-state index is 0.414. The van der Waals surface area contributed by atoms with Gasteiger partial charge in [0.25, 0.3) is 0 Å². The molecule has 1 heterocycles. The predicted octanol–water partition coefficient (Wildman–Crippen LogP) is 2.13. The highest BCUT2D eigenvalue weighted by Crippen LogP contribution is 2.34. The van der Waals surface area contributed by atoms with E-state index in [-0.39, 0.29) is 0 Å². The Bertz CT molecular complexity index is 404. The number of benzene rings is 1. The second-order valence-electron chi connectivity index (χ2n) is 5.22. The lowest BCUT2D eigenvalue weighted by Crippen LogP contribution is -2.40. The monoisotopic (exact) mass is 282 g/mol. The van der Waals surface area contributed by atoms with Crippen LogP contribution >= 0.6 is 11.6 Å². The Kier molecular flexibility index (Phi) is 4.91. The predicted molar refractivity (Wildman–Crippen MR) is 82.5 cm³/mol. The van der Waals surface area contributed by atoms with E-state index in [1.165, 1.54) is 6.42 Å². The van der Waals surface area contributed by atoms with Gasteiger partial charge in [-0.15, -0.1) is 0 Å². The number of likely N-dealkylation sites (tertiary alicyclic amines) is 1.